The van der Waals surface area contributed by atoms with Crippen LogP contribution in [0.2, 0.25) is 0 Å². The van der Waals surface area contributed by atoms with Gasteiger partial charge in [0.25, 0.3) is 5.91 Å². The van der Waals surface area contributed by atoms with Gasteiger partial charge in [-0.2, -0.15) is 0 Å². The van der Waals surface area contributed by atoms with Crippen molar-refractivity contribution in [3.8, 4) is 0 Å². The van der Waals surface area contributed by atoms with Crippen molar-refractivity contribution in [2.45, 2.75) is 20.8 Å². The van der Waals surface area contributed by atoms with E-state index in [0.717, 1.165) is 4.90 Å². The lowest BCUT2D eigenvalue weighted by molar-refractivity contribution is -0.124. The fraction of sp³-hybridized carbons (Fsp3) is 0.600. The second-order valence-corrected chi connectivity index (χ2v) is 4.30. The summed E-state index contributed by atoms with van der Waals surface area (Å²) in [5, 5.41) is 0. The average Bonchev–Trinajstić information content (AvgIpc) is 2.47. The number of imide groups is 1. The topological polar surface area (TPSA) is 46.6 Å². The molecule has 0 N–H and O–H groups in total. The van der Waals surface area contributed by atoms with Crippen LogP contribution in [0.15, 0.2) is 12.2 Å². The Morgan fingerprint density at radius 1 is 1.50 bits per heavy atom. The quantitative estimate of drug-likeness (QED) is 0.599. The molecule has 0 aromatic carbocycles. The maximum atomic E-state index is 11.7. The van der Waals surface area contributed by atoms with E-state index in [1.165, 1.54) is 0 Å². The molecule has 0 aliphatic carbocycles. The van der Waals surface area contributed by atoms with E-state index in [2.05, 4.69) is 11.3 Å². The van der Waals surface area contributed by atoms with Crippen molar-refractivity contribution in [3.63, 3.8) is 0 Å². The summed E-state index contributed by atoms with van der Waals surface area (Å²) in [6.45, 7) is 9.96. The summed E-state index contributed by atoms with van der Waals surface area (Å²) in [4.78, 5) is 23.9. The average molecular weight is 197 g/mol. The number of rotatable bonds is 1. The number of carbonyl (C=O) groups excluding carboxylic acids is 2. The van der Waals surface area contributed by atoms with Crippen molar-refractivity contribution >= 4 is 12.0 Å². The van der Waals surface area contributed by atoms with Crippen LogP contribution < -0.4 is 0 Å². The SMILES string of the molecule is C=C(C(=O)N1CCOC1=O)C(C)(C)C. The number of hydrogen-bond acceptors (Lipinski definition) is 3. The molecule has 1 fully saturated rings. The Hall–Kier alpha value is -1.32. The monoisotopic (exact) mass is 197 g/mol. The Kier molecular flexibility index (Phi) is 2.64. The number of amides is 2. The Morgan fingerprint density at radius 2 is 2.07 bits per heavy atom. The third kappa shape index (κ3) is 1.95. The summed E-state index contributed by atoms with van der Waals surface area (Å²) in [5.74, 6) is -0.333. The predicted octanol–water partition coefficient (Wildman–Crippen LogP) is 1.57. The fourth-order valence-corrected chi connectivity index (χ4v) is 1.06. The second kappa shape index (κ2) is 3.44. The van der Waals surface area contributed by atoms with Gasteiger partial charge in [-0.25, -0.2) is 9.69 Å². The number of cyclic esters (lactones) is 1. The predicted molar refractivity (Wildman–Crippen MR) is 51.7 cm³/mol. The summed E-state index contributed by atoms with van der Waals surface area (Å²) in [5.41, 5.74) is 0.108. The third-order valence-electron chi connectivity index (χ3n) is 2.17. The zero-order valence-corrected chi connectivity index (χ0v) is 8.79. The Morgan fingerprint density at radius 3 is 2.43 bits per heavy atom. The first-order valence-electron chi connectivity index (χ1n) is 4.52. The minimum atomic E-state index is -0.569. The van der Waals surface area contributed by atoms with Gasteiger partial charge in [0.05, 0.1) is 6.54 Å². The van der Waals surface area contributed by atoms with E-state index < -0.39 is 6.09 Å². The summed E-state index contributed by atoms with van der Waals surface area (Å²) in [7, 11) is 0. The minimum Gasteiger partial charge on any atom is -0.447 e. The molecule has 0 saturated carbocycles. The fourth-order valence-electron chi connectivity index (χ4n) is 1.06. The molecule has 14 heavy (non-hydrogen) atoms. The van der Waals surface area contributed by atoms with Crippen LogP contribution >= 0.6 is 0 Å². The van der Waals surface area contributed by atoms with Crippen molar-refractivity contribution in [1.29, 1.82) is 0 Å². The molecule has 0 atom stereocenters. The number of hydrogen-bond donors (Lipinski definition) is 0. The van der Waals surface area contributed by atoms with Crippen LogP contribution in [0.3, 0.4) is 0 Å². The van der Waals surface area contributed by atoms with Crippen molar-refractivity contribution in [3.05, 3.63) is 12.2 Å². The molecule has 1 aliphatic heterocycles. The molecule has 0 radical (unpaired) electrons. The van der Waals surface area contributed by atoms with Gasteiger partial charge in [0.1, 0.15) is 6.61 Å². The molecule has 1 saturated heterocycles. The highest BCUT2D eigenvalue weighted by Gasteiger charge is 2.33. The Balaban J connectivity index is 2.75. The van der Waals surface area contributed by atoms with Gasteiger partial charge in [0.15, 0.2) is 0 Å². The first kappa shape index (κ1) is 10.8. The highest BCUT2D eigenvalue weighted by molar-refractivity contribution is 6.03. The van der Waals surface area contributed by atoms with E-state index in [4.69, 9.17) is 0 Å². The zero-order chi connectivity index (χ0) is 10.9. The van der Waals surface area contributed by atoms with Crippen LogP contribution in [0.25, 0.3) is 0 Å². The molecule has 0 aromatic rings. The Labute approximate surface area is 83.5 Å². The summed E-state index contributed by atoms with van der Waals surface area (Å²) in [6.07, 6.45) is -0.569. The highest BCUT2D eigenvalue weighted by Crippen LogP contribution is 2.25. The number of carbonyl (C=O) groups is 2. The van der Waals surface area contributed by atoms with Gasteiger partial charge in [0.2, 0.25) is 0 Å². The van der Waals surface area contributed by atoms with Gasteiger partial charge in [0, 0.05) is 5.57 Å². The maximum absolute atomic E-state index is 11.7. The van der Waals surface area contributed by atoms with E-state index in [0.29, 0.717) is 12.1 Å². The largest absolute Gasteiger partial charge is 0.447 e. The van der Waals surface area contributed by atoms with Crippen molar-refractivity contribution in [2.75, 3.05) is 13.2 Å². The molecule has 4 nitrogen and oxygen atoms in total. The normalized spacial score (nSPS) is 16.8. The van der Waals surface area contributed by atoms with Crippen molar-refractivity contribution in [2.24, 2.45) is 5.41 Å². The lowest BCUT2D eigenvalue weighted by Crippen LogP contribution is -2.35. The van der Waals surface area contributed by atoms with E-state index in [9.17, 15) is 9.59 Å². The lowest BCUT2D eigenvalue weighted by atomic mass is 9.87. The van der Waals surface area contributed by atoms with E-state index in [1.54, 1.807) is 0 Å². The summed E-state index contributed by atoms with van der Waals surface area (Å²) < 4.78 is 4.67. The van der Waals surface area contributed by atoms with E-state index >= 15 is 0 Å². The smallest absolute Gasteiger partial charge is 0.416 e. The van der Waals surface area contributed by atoms with Crippen LogP contribution in [-0.4, -0.2) is 30.1 Å². The summed E-state index contributed by atoms with van der Waals surface area (Å²) >= 11 is 0. The molecule has 1 aliphatic rings. The van der Waals surface area contributed by atoms with Crippen LogP contribution in [-0.2, 0) is 9.53 Å². The third-order valence-corrected chi connectivity index (χ3v) is 2.17. The molecule has 4 heteroatoms. The van der Waals surface area contributed by atoms with Crippen molar-refractivity contribution in [1.82, 2.24) is 4.90 Å². The lowest BCUT2D eigenvalue weighted by Gasteiger charge is -2.23. The maximum Gasteiger partial charge on any atom is 0.416 e. The zero-order valence-electron chi connectivity index (χ0n) is 8.79. The molecule has 0 bridgehead atoms. The van der Waals surface area contributed by atoms with Gasteiger partial charge in [-0.05, 0) is 5.41 Å². The molecule has 2 amide bonds. The van der Waals surface area contributed by atoms with Gasteiger partial charge >= 0.3 is 6.09 Å². The van der Waals surface area contributed by atoms with E-state index in [-0.39, 0.29) is 17.9 Å². The molecule has 0 spiro atoms. The van der Waals surface area contributed by atoms with Gasteiger partial charge in [-0.3, -0.25) is 4.79 Å². The second-order valence-electron chi connectivity index (χ2n) is 4.30. The molecule has 0 unspecified atom stereocenters. The first-order valence-corrected chi connectivity index (χ1v) is 4.52. The molecule has 0 aromatic heterocycles. The van der Waals surface area contributed by atoms with Crippen LogP contribution in [0.1, 0.15) is 20.8 Å². The molecule has 1 rings (SSSR count). The molecule has 78 valence electrons. The Bertz CT molecular complexity index is 288. The molecule has 1 heterocycles. The van der Waals surface area contributed by atoms with Crippen LogP contribution in [0.4, 0.5) is 4.79 Å². The summed E-state index contributed by atoms with van der Waals surface area (Å²) in [6, 6.07) is 0. The van der Waals surface area contributed by atoms with Crippen LogP contribution in [0, 0.1) is 5.41 Å². The van der Waals surface area contributed by atoms with Crippen LogP contribution in [0.5, 0.6) is 0 Å². The standard InChI is InChI=1S/C10H15NO3/c1-7(10(2,3)4)8(12)11-5-6-14-9(11)13/h1,5-6H2,2-4H3. The van der Waals surface area contributed by atoms with Crippen molar-refractivity contribution < 1.29 is 14.3 Å². The first-order chi connectivity index (χ1) is 6.34. The highest BCUT2D eigenvalue weighted by atomic mass is 16.6. The van der Waals surface area contributed by atoms with E-state index in [1.807, 2.05) is 20.8 Å². The number of ether oxygens (including phenoxy) is 1. The number of nitrogens with zero attached hydrogens (tertiary/aromatic N) is 1. The minimum absolute atomic E-state index is 0.280. The molecular formula is C10H15NO3. The van der Waals surface area contributed by atoms with Gasteiger partial charge in [-0.15, -0.1) is 0 Å². The van der Waals surface area contributed by atoms with Gasteiger partial charge < -0.3 is 4.74 Å². The molecular weight excluding hydrogens is 182 g/mol. The van der Waals surface area contributed by atoms with Gasteiger partial charge in [-0.1, -0.05) is 27.4 Å².